The summed E-state index contributed by atoms with van der Waals surface area (Å²) in [6, 6.07) is 0. The zero-order chi connectivity index (χ0) is 10.4. The molecule has 1 rings (SSSR count). The molecule has 0 amide bonds. The molecule has 4 nitrogen and oxygen atoms in total. The van der Waals surface area contributed by atoms with E-state index in [2.05, 4.69) is 0 Å². The second kappa shape index (κ2) is 2.61. The standard InChI is InChI=1S/C6H5F3O4/c7-6(8,9)3-1(4(10)11)2(3)5(12)13/h1-3H,(H,10,11)(H,12,13). The Balaban J connectivity index is 2.79. The van der Waals surface area contributed by atoms with Crippen molar-refractivity contribution < 1.29 is 33.0 Å². The predicted octanol–water partition coefficient (Wildman–Crippen LogP) is 0.580. The number of aliphatic carboxylic acids is 2. The lowest BCUT2D eigenvalue weighted by atomic mass is 10.3. The maximum atomic E-state index is 11.9. The van der Waals surface area contributed by atoms with Crippen LogP contribution in [0.4, 0.5) is 13.2 Å². The van der Waals surface area contributed by atoms with Crippen molar-refractivity contribution in [2.75, 3.05) is 0 Å². The molecule has 0 radical (unpaired) electrons. The molecule has 0 heterocycles. The average molecular weight is 198 g/mol. The van der Waals surface area contributed by atoms with Gasteiger partial charge >= 0.3 is 18.1 Å². The fourth-order valence-corrected chi connectivity index (χ4v) is 1.33. The molecule has 2 N–H and O–H groups in total. The zero-order valence-corrected chi connectivity index (χ0v) is 6.08. The van der Waals surface area contributed by atoms with Gasteiger partial charge in [-0.15, -0.1) is 0 Å². The molecular formula is C6H5F3O4. The van der Waals surface area contributed by atoms with Gasteiger partial charge in [0.1, 0.15) is 0 Å². The van der Waals surface area contributed by atoms with Gasteiger partial charge in [-0.2, -0.15) is 13.2 Å². The quantitative estimate of drug-likeness (QED) is 0.680. The van der Waals surface area contributed by atoms with Crippen molar-refractivity contribution >= 4 is 11.9 Å². The van der Waals surface area contributed by atoms with E-state index in [1.165, 1.54) is 0 Å². The van der Waals surface area contributed by atoms with Crippen molar-refractivity contribution in [3.63, 3.8) is 0 Å². The fourth-order valence-electron chi connectivity index (χ4n) is 1.33. The van der Waals surface area contributed by atoms with E-state index in [9.17, 15) is 22.8 Å². The highest BCUT2D eigenvalue weighted by Crippen LogP contribution is 2.55. The highest BCUT2D eigenvalue weighted by Gasteiger charge is 2.71. The molecule has 2 unspecified atom stereocenters. The topological polar surface area (TPSA) is 74.6 Å². The van der Waals surface area contributed by atoms with E-state index in [0.29, 0.717) is 0 Å². The molecule has 74 valence electrons. The van der Waals surface area contributed by atoms with Gasteiger partial charge in [-0.05, 0) is 0 Å². The SMILES string of the molecule is O=C(O)C1C(C(=O)O)C1C(F)(F)F. The highest BCUT2D eigenvalue weighted by molar-refractivity contribution is 5.86. The average Bonchev–Trinajstić information content (AvgIpc) is 2.56. The maximum absolute atomic E-state index is 11.9. The van der Waals surface area contributed by atoms with Crippen molar-refractivity contribution in [3.8, 4) is 0 Å². The number of hydrogen-bond donors (Lipinski definition) is 2. The Hall–Kier alpha value is -1.27. The molecule has 0 aromatic heterocycles. The summed E-state index contributed by atoms with van der Waals surface area (Å²) in [4.78, 5) is 20.3. The molecule has 0 spiro atoms. The molecular weight excluding hydrogens is 193 g/mol. The summed E-state index contributed by atoms with van der Waals surface area (Å²) >= 11 is 0. The Morgan fingerprint density at radius 3 is 1.38 bits per heavy atom. The minimum atomic E-state index is -4.74. The molecule has 1 saturated carbocycles. The van der Waals surface area contributed by atoms with Gasteiger partial charge < -0.3 is 10.2 Å². The monoisotopic (exact) mass is 198 g/mol. The van der Waals surface area contributed by atoms with Crippen LogP contribution in [0.1, 0.15) is 0 Å². The fraction of sp³-hybridized carbons (Fsp3) is 0.667. The molecule has 13 heavy (non-hydrogen) atoms. The zero-order valence-electron chi connectivity index (χ0n) is 6.08. The molecule has 1 aliphatic carbocycles. The first-order chi connectivity index (χ1) is 5.76. The Labute approximate surface area is 70.0 Å². The Morgan fingerprint density at radius 1 is 1.00 bits per heavy atom. The lowest BCUT2D eigenvalue weighted by molar-refractivity contribution is -0.164. The minimum Gasteiger partial charge on any atom is -0.481 e. The molecule has 1 aliphatic rings. The second-order valence-corrected chi connectivity index (χ2v) is 2.80. The molecule has 7 heteroatoms. The Morgan fingerprint density at radius 2 is 1.31 bits per heavy atom. The summed E-state index contributed by atoms with van der Waals surface area (Å²) in [5.41, 5.74) is 0. The van der Waals surface area contributed by atoms with Gasteiger partial charge in [-0.1, -0.05) is 0 Å². The second-order valence-electron chi connectivity index (χ2n) is 2.80. The summed E-state index contributed by atoms with van der Waals surface area (Å²) in [6.45, 7) is 0. The molecule has 0 aromatic carbocycles. The van der Waals surface area contributed by atoms with E-state index in [1.807, 2.05) is 0 Å². The number of rotatable bonds is 2. The summed E-state index contributed by atoms with van der Waals surface area (Å²) in [5.74, 6) is -9.30. The van der Waals surface area contributed by atoms with E-state index in [0.717, 1.165) is 0 Å². The molecule has 0 bridgehead atoms. The smallest absolute Gasteiger partial charge is 0.393 e. The van der Waals surface area contributed by atoms with E-state index < -0.39 is 35.9 Å². The van der Waals surface area contributed by atoms with E-state index in [1.54, 1.807) is 0 Å². The third kappa shape index (κ3) is 1.58. The van der Waals surface area contributed by atoms with Gasteiger partial charge in [0.2, 0.25) is 0 Å². The number of carboxylic acid groups (broad SMARTS) is 2. The number of hydrogen-bond acceptors (Lipinski definition) is 2. The van der Waals surface area contributed by atoms with Gasteiger partial charge in [0, 0.05) is 0 Å². The van der Waals surface area contributed by atoms with Crippen LogP contribution in [0.5, 0.6) is 0 Å². The van der Waals surface area contributed by atoms with Gasteiger partial charge in [-0.3, -0.25) is 9.59 Å². The predicted molar refractivity (Wildman–Crippen MR) is 31.8 cm³/mol. The minimum absolute atomic E-state index is 1.71. The van der Waals surface area contributed by atoms with E-state index in [-0.39, 0.29) is 0 Å². The van der Waals surface area contributed by atoms with E-state index >= 15 is 0 Å². The molecule has 0 aromatic rings. The third-order valence-electron chi connectivity index (χ3n) is 1.97. The van der Waals surface area contributed by atoms with Gasteiger partial charge in [-0.25, -0.2) is 0 Å². The van der Waals surface area contributed by atoms with Crippen LogP contribution in [0.3, 0.4) is 0 Å². The van der Waals surface area contributed by atoms with Crippen molar-refractivity contribution in [2.45, 2.75) is 6.18 Å². The Bertz CT molecular complexity index is 239. The van der Waals surface area contributed by atoms with Crippen molar-refractivity contribution in [3.05, 3.63) is 0 Å². The summed E-state index contributed by atoms with van der Waals surface area (Å²) in [7, 11) is 0. The molecule has 0 aliphatic heterocycles. The summed E-state index contributed by atoms with van der Waals surface area (Å²) in [6.07, 6.45) is -4.74. The van der Waals surface area contributed by atoms with Crippen LogP contribution >= 0.6 is 0 Å². The lowest BCUT2D eigenvalue weighted by Crippen LogP contribution is -2.16. The van der Waals surface area contributed by atoms with Crippen molar-refractivity contribution in [2.24, 2.45) is 17.8 Å². The maximum Gasteiger partial charge on any atom is 0.393 e. The van der Waals surface area contributed by atoms with Crippen LogP contribution < -0.4 is 0 Å². The van der Waals surface area contributed by atoms with Crippen LogP contribution in [-0.4, -0.2) is 28.3 Å². The first kappa shape index (κ1) is 9.82. The van der Waals surface area contributed by atoms with Crippen molar-refractivity contribution in [1.29, 1.82) is 0 Å². The van der Waals surface area contributed by atoms with Gasteiger partial charge in [0.15, 0.2) is 0 Å². The number of halogens is 3. The normalized spacial score (nSPS) is 32.7. The van der Waals surface area contributed by atoms with Crippen LogP contribution in [-0.2, 0) is 9.59 Å². The first-order valence-electron chi connectivity index (χ1n) is 3.29. The molecule has 1 fully saturated rings. The highest BCUT2D eigenvalue weighted by atomic mass is 19.4. The van der Waals surface area contributed by atoms with Crippen LogP contribution in [0.25, 0.3) is 0 Å². The van der Waals surface area contributed by atoms with Crippen LogP contribution in [0.15, 0.2) is 0 Å². The van der Waals surface area contributed by atoms with Crippen LogP contribution in [0.2, 0.25) is 0 Å². The van der Waals surface area contributed by atoms with Crippen LogP contribution in [0, 0.1) is 17.8 Å². The number of alkyl halides is 3. The summed E-state index contributed by atoms with van der Waals surface area (Å²) in [5, 5.41) is 16.5. The largest absolute Gasteiger partial charge is 0.481 e. The third-order valence-corrected chi connectivity index (χ3v) is 1.97. The van der Waals surface area contributed by atoms with Gasteiger partial charge in [0.25, 0.3) is 0 Å². The molecule has 0 saturated heterocycles. The first-order valence-corrected chi connectivity index (χ1v) is 3.29. The van der Waals surface area contributed by atoms with Gasteiger partial charge in [0.05, 0.1) is 17.8 Å². The lowest BCUT2D eigenvalue weighted by Gasteiger charge is -2.02. The van der Waals surface area contributed by atoms with Crippen molar-refractivity contribution in [1.82, 2.24) is 0 Å². The number of carboxylic acids is 2. The Kier molecular flexibility index (Phi) is 1.97. The summed E-state index contributed by atoms with van der Waals surface area (Å²) < 4.78 is 35.8. The number of carbonyl (C=O) groups is 2. The molecule has 2 atom stereocenters. The van der Waals surface area contributed by atoms with E-state index in [4.69, 9.17) is 10.2 Å².